The second-order valence-electron chi connectivity index (χ2n) is 17.9. The number of esters is 1. The highest BCUT2D eigenvalue weighted by Crippen LogP contribution is 2.17. The lowest BCUT2D eigenvalue weighted by molar-refractivity contribution is -0.143. The highest BCUT2D eigenvalue weighted by atomic mass is 16.5. The van der Waals surface area contributed by atoms with Crippen molar-refractivity contribution in [3.8, 4) is 0 Å². The maximum atomic E-state index is 12.5. The van der Waals surface area contributed by atoms with Crippen LogP contribution in [0.1, 0.15) is 284 Å². The average Bonchev–Trinajstić information content (AvgIpc) is 3.22. The molecule has 0 aromatic heterocycles. The van der Waals surface area contributed by atoms with Gasteiger partial charge in [0.1, 0.15) is 0 Å². The number of hydrogen-bond acceptors (Lipinski definition) is 5. The van der Waals surface area contributed by atoms with Crippen molar-refractivity contribution >= 4 is 11.9 Å². The molecular formula is C52H101NO5. The summed E-state index contributed by atoms with van der Waals surface area (Å²) < 4.78 is 5.44. The number of aliphatic hydroxyl groups is 2. The summed E-state index contributed by atoms with van der Waals surface area (Å²) in [6.07, 6.45) is 54.6. The maximum Gasteiger partial charge on any atom is 0.305 e. The van der Waals surface area contributed by atoms with Crippen molar-refractivity contribution in [2.75, 3.05) is 13.2 Å². The number of carbonyl (C=O) groups is 2. The highest BCUT2D eigenvalue weighted by molar-refractivity contribution is 5.76. The van der Waals surface area contributed by atoms with E-state index in [2.05, 4.69) is 31.3 Å². The fourth-order valence-electron chi connectivity index (χ4n) is 8.05. The van der Waals surface area contributed by atoms with Crippen molar-refractivity contribution in [3.05, 3.63) is 12.2 Å². The lowest BCUT2D eigenvalue weighted by atomic mass is 10.0. The fourth-order valence-corrected chi connectivity index (χ4v) is 8.05. The van der Waals surface area contributed by atoms with Crippen LogP contribution >= 0.6 is 0 Å². The Labute approximate surface area is 361 Å². The van der Waals surface area contributed by atoms with Crippen LogP contribution in [0.2, 0.25) is 0 Å². The number of carbonyl (C=O) groups excluding carboxylic acids is 2. The maximum absolute atomic E-state index is 12.5. The van der Waals surface area contributed by atoms with E-state index < -0.39 is 12.1 Å². The van der Waals surface area contributed by atoms with E-state index in [0.29, 0.717) is 25.9 Å². The van der Waals surface area contributed by atoms with Crippen molar-refractivity contribution < 1.29 is 24.5 Å². The summed E-state index contributed by atoms with van der Waals surface area (Å²) in [4.78, 5) is 24.5. The molecule has 0 fully saturated rings. The molecule has 0 radical (unpaired) electrons. The predicted molar refractivity (Wildman–Crippen MR) is 250 cm³/mol. The Morgan fingerprint density at radius 2 is 0.810 bits per heavy atom. The monoisotopic (exact) mass is 820 g/mol. The molecular weight excluding hydrogens is 719 g/mol. The number of hydrogen-bond donors (Lipinski definition) is 3. The van der Waals surface area contributed by atoms with Crippen molar-refractivity contribution in [1.29, 1.82) is 0 Å². The molecule has 0 bridgehead atoms. The number of nitrogens with one attached hydrogen (secondary N) is 1. The van der Waals surface area contributed by atoms with E-state index >= 15 is 0 Å². The van der Waals surface area contributed by atoms with Crippen LogP contribution in [0.15, 0.2) is 12.2 Å². The summed E-state index contributed by atoms with van der Waals surface area (Å²) in [5.74, 6) is -0.0939. The molecule has 0 heterocycles. The molecule has 0 rings (SSSR count). The molecule has 6 nitrogen and oxygen atoms in total. The summed E-state index contributed by atoms with van der Waals surface area (Å²) in [7, 11) is 0. The van der Waals surface area contributed by atoms with Gasteiger partial charge in [-0.1, -0.05) is 231 Å². The van der Waals surface area contributed by atoms with E-state index in [-0.39, 0.29) is 18.5 Å². The van der Waals surface area contributed by atoms with Crippen LogP contribution in [0.25, 0.3) is 0 Å². The van der Waals surface area contributed by atoms with E-state index in [4.69, 9.17) is 4.74 Å². The number of unbranched alkanes of at least 4 members (excludes halogenated alkanes) is 35. The van der Waals surface area contributed by atoms with Gasteiger partial charge >= 0.3 is 5.97 Å². The third-order valence-corrected chi connectivity index (χ3v) is 12.1. The van der Waals surface area contributed by atoms with Crippen LogP contribution in [0.4, 0.5) is 0 Å². The third-order valence-electron chi connectivity index (χ3n) is 12.1. The van der Waals surface area contributed by atoms with Crippen LogP contribution in [0.3, 0.4) is 0 Å². The SMILES string of the molecule is CCCCCCC/C=C\CCCCCCCC(=O)OCCCCCCCCCCCC(=O)NC(CO)C(O)CCCCCCCCCCCCCCCCCCCC. The van der Waals surface area contributed by atoms with Gasteiger partial charge in [0.05, 0.1) is 25.4 Å². The Bertz CT molecular complexity index is 863. The first-order valence-electron chi connectivity index (χ1n) is 25.9. The van der Waals surface area contributed by atoms with E-state index in [9.17, 15) is 19.8 Å². The van der Waals surface area contributed by atoms with Gasteiger partial charge in [-0.15, -0.1) is 0 Å². The molecule has 0 saturated carbocycles. The predicted octanol–water partition coefficient (Wildman–Crippen LogP) is 15.3. The Morgan fingerprint density at radius 1 is 0.466 bits per heavy atom. The summed E-state index contributed by atoms with van der Waals surface area (Å²) in [6.45, 7) is 4.89. The minimum atomic E-state index is -0.681. The molecule has 0 aliphatic rings. The van der Waals surface area contributed by atoms with Crippen LogP contribution in [0.5, 0.6) is 0 Å². The molecule has 2 unspecified atom stereocenters. The van der Waals surface area contributed by atoms with Crippen molar-refractivity contribution in [3.63, 3.8) is 0 Å². The Balaban J connectivity index is 3.49. The van der Waals surface area contributed by atoms with Gasteiger partial charge in [0.2, 0.25) is 5.91 Å². The van der Waals surface area contributed by atoms with Gasteiger partial charge in [0.25, 0.3) is 0 Å². The van der Waals surface area contributed by atoms with E-state index in [1.165, 1.54) is 193 Å². The second-order valence-corrected chi connectivity index (χ2v) is 17.9. The lowest BCUT2D eigenvalue weighted by Gasteiger charge is -2.22. The lowest BCUT2D eigenvalue weighted by Crippen LogP contribution is -2.45. The van der Waals surface area contributed by atoms with Crippen molar-refractivity contribution in [1.82, 2.24) is 5.32 Å². The number of ether oxygens (including phenoxy) is 1. The molecule has 6 heteroatoms. The number of rotatable bonds is 48. The average molecular weight is 820 g/mol. The smallest absolute Gasteiger partial charge is 0.305 e. The minimum absolute atomic E-state index is 0.0329. The number of allylic oxidation sites excluding steroid dienone is 2. The van der Waals surface area contributed by atoms with E-state index in [1.807, 2.05) is 0 Å². The minimum Gasteiger partial charge on any atom is -0.466 e. The van der Waals surface area contributed by atoms with Gasteiger partial charge < -0.3 is 20.3 Å². The fraction of sp³-hybridized carbons (Fsp3) is 0.923. The van der Waals surface area contributed by atoms with Crippen molar-refractivity contribution in [2.45, 2.75) is 296 Å². The number of amides is 1. The Kier molecular flexibility index (Phi) is 47.1. The molecule has 0 aromatic carbocycles. The topological polar surface area (TPSA) is 95.9 Å². The zero-order valence-corrected chi connectivity index (χ0v) is 39.0. The highest BCUT2D eigenvalue weighted by Gasteiger charge is 2.20. The second kappa shape index (κ2) is 48.3. The Morgan fingerprint density at radius 3 is 1.22 bits per heavy atom. The number of aliphatic hydroxyl groups excluding tert-OH is 2. The van der Waals surface area contributed by atoms with Gasteiger partial charge in [-0.05, 0) is 51.4 Å². The molecule has 0 aliphatic heterocycles. The van der Waals surface area contributed by atoms with Gasteiger partial charge in [0, 0.05) is 12.8 Å². The molecule has 58 heavy (non-hydrogen) atoms. The van der Waals surface area contributed by atoms with Gasteiger partial charge in [-0.3, -0.25) is 9.59 Å². The largest absolute Gasteiger partial charge is 0.466 e. The van der Waals surface area contributed by atoms with E-state index in [1.54, 1.807) is 0 Å². The standard InChI is InChI=1S/C52H101NO5/c1-3-5-7-9-11-13-15-17-19-20-21-22-23-25-28-32-36-40-44-50(55)49(48-54)53-51(56)45-41-37-33-29-27-31-35-39-43-47-58-52(57)46-42-38-34-30-26-24-18-16-14-12-10-8-6-4-2/h16,18,49-50,54-55H,3-15,17,19-48H2,1-2H3,(H,53,56)/b18-16-. The van der Waals surface area contributed by atoms with Crippen LogP contribution in [-0.4, -0.2) is 47.4 Å². The van der Waals surface area contributed by atoms with Gasteiger partial charge in [0.15, 0.2) is 0 Å². The molecule has 344 valence electrons. The third kappa shape index (κ3) is 44.2. The van der Waals surface area contributed by atoms with Crippen LogP contribution in [-0.2, 0) is 14.3 Å². The Hall–Kier alpha value is -1.40. The zero-order chi connectivity index (χ0) is 42.3. The first-order chi connectivity index (χ1) is 28.5. The van der Waals surface area contributed by atoms with E-state index in [0.717, 1.165) is 57.8 Å². The molecule has 2 atom stereocenters. The first-order valence-corrected chi connectivity index (χ1v) is 25.9. The summed E-state index contributed by atoms with van der Waals surface area (Å²) in [6, 6.07) is -0.561. The normalized spacial score (nSPS) is 12.7. The first kappa shape index (κ1) is 56.6. The van der Waals surface area contributed by atoms with Crippen LogP contribution in [0, 0.1) is 0 Å². The molecule has 0 aliphatic carbocycles. The quantitative estimate of drug-likeness (QED) is 0.0323. The molecule has 1 amide bonds. The summed E-state index contributed by atoms with van der Waals surface area (Å²) in [5.41, 5.74) is 0. The summed E-state index contributed by atoms with van der Waals surface area (Å²) in [5, 5.41) is 23.2. The van der Waals surface area contributed by atoms with Crippen LogP contribution < -0.4 is 5.32 Å². The molecule has 0 saturated heterocycles. The molecule has 0 aromatic rings. The van der Waals surface area contributed by atoms with Gasteiger partial charge in [-0.25, -0.2) is 0 Å². The summed E-state index contributed by atoms with van der Waals surface area (Å²) >= 11 is 0. The zero-order valence-electron chi connectivity index (χ0n) is 39.0. The van der Waals surface area contributed by atoms with Gasteiger partial charge in [-0.2, -0.15) is 0 Å². The molecule has 0 spiro atoms. The molecule has 3 N–H and O–H groups in total. The van der Waals surface area contributed by atoms with Crippen molar-refractivity contribution in [2.24, 2.45) is 0 Å².